The highest BCUT2D eigenvalue weighted by Gasteiger charge is 2.15. The summed E-state index contributed by atoms with van der Waals surface area (Å²) in [5, 5.41) is 4.16. The molecule has 12 heavy (non-hydrogen) atoms. The van der Waals surface area contributed by atoms with E-state index in [-0.39, 0.29) is 5.54 Å². The van der Waals surface area contributed by atoms with E-state index in [9.17, 15) is 0 Å². The van der Waals surface area contributed by atoms with Crippen LogP contribution in [0.25, 0.3) is 0 Å². The number of aryl methyl sites for hydroxylation is 2. The van der Waals surface area contributed by atoms with Gasteiger partial charge in [0.25, 0.3) is 0 Å². The number of hydrogen-bond donors (Lipinski definition) is 1. The molecule has 3 heteroatoms. The van der Waals surface area contributed by atoms with E-state index in [0.717, 1.165) is 6.42 Å². The summed E-state index contributed by atoms with van der Waals surface area (Å²) in [6, 6.07) is 0. The lowest BCUT2D eigenvalue weighted by molar-refractivity contribution is 0.494. The first-order valence-electron chi connectivity index (χ1n) is 4.16. The Labute approximate surface area is 73.6 Å². The summed E-state index contributed by atoms with van der Waals surface area (Å²) in [5.74, 6) is 0. The normalized spacial score (nSPS) is 12.1. The Morgan fingerprint density at radius 3 is 2.50 bits per heavy atom. The predicted octanol–water partition coefficient (Wildman–Crippen LogP) is 1.01. The minimum Gasteiger partial charge on any atom is -0.325 e. The fraction of sp³-hybridized carbons (Fsp3) is 0.667. The van der Waals surface area contributed by atoms with Gasteiger partial charge in [-0.2, -0.15) is 5.10 Å². The van der Waals surface area contributed by atoms with Gasteiger partial charge in [0.1, 0.15) is 0 Å². The van der Waals surface area contributed by atoms with E-state index in [0.29, 0.717) is 0 Å². The molecule has 0 atom stereocenters. The second-order valence-corrected chi connectivity index (χ2v) is 4.06. The van der Waals surface area contributed by atoms with Gasteiger partial charge in [-0.25, -0.2) is 0 Å². The summed E-state index contributed by atoms with van der Waals surface area (Å²) >= 11 is 0. The molecule has 0 aromatic carbocycles. The van der Waals surface area contributed by atoms with Crippen LogP contribution in [0.2, 0.25) is 0 Å². The largest absolute Gasteiger partial charge is 0.325 e. The first-order chi connectivity index (χ1) is 5.40. The predicted molar refractivity (Wildman–Crippen MR) is 49.9 cm³/mol. The Hall–Kier alpha value is -0.830. The summed E-state index contributed by atoms with van der Waals surface area (Å²) in [6.45, 7) is 6.12. The Bertz CT molecular complexity index is 248. The lowest BCUT2D eigenvalue weighted by Gasteiger charge is -2.18. The monoisotopic (exact) mass is 167 g/mol. The second kappa shape index (κ2) is 2.90. The summed E-state index contributed by atoms with van der Waals surface area (Å²) in [5.41, 5.74) is 8.21. The van der Waals surface area contributed by atoms with Crippen LogP contribution in [-0.2, 0) is 13.5 Å². The Balaban J connectivity index is 2.88. The molecule has 0 aliphatic rings. The molecule has 0 spiro atoms. The molecule has 0 radical (unpaired) electrons. The fourth-order valence-electron chi connectivity index (χ4n) is 1.26. The molecule has 1 aromatic heterocycles. The van der Waals surface area contributed by atoms with Crippen LogP contribution >= 0.6 is 0 Å². The molecule has 1 heterocycles. The number of nitrogens with two attached hydrogens (primary N) is 1. The highest BCUT2D eigenvalue weighted by atomic mass is 15.3. The van der Waals surface area contributed by atoms with Crippen LogP contribution in [0.15, 0.2) is 6.20 Å². The van der Waals surface area contributed by atoms with E-state index in [4.69, 9.17) is 5.73 Å². The first-order valence-corrected chi connectivity index (χ1v) is 4.16. The van der Waals surface area contributed by atoms with Crippen LogP contribution in [0, 0.1) is 6.92 Å². The van der Waals surface area contributed by atoms with Crippen molar-refractivity contribution in [3.63, 3.8) is 0 Å². The second-order valence-electron chi connectivity index (χ2n) is 4.06. The van der Waals surface area contributed by atoms with Crippen LogP contribution in [0.4, 0.5) is 0 Å². The third kappa shape index (κ3) is 2.08. The Morgan fingerprint density at radius 1 is 1.58 bits per heavy atom. The van der Waals surface area contributed by atoms with Gasteiger partial charge < -0.3 is 5.73 Å². The smallest absolute Gasteiger partial charge is 0.0521 e. The van der Waals surface area contributed by atoms with E-state index < -0.39 is 0 Å². The van der Waals surface area contributed by atoms with Crippen molar-refractivity contribution in [3.05, 3.63) is 17.5 Å². The number of rotatable bonds is 2. The standard InChI is InChI=1S/C9H17N3/c1-7-6-11-12(4)8(7)5-9(2,3)10/h6H,5,10H2,1-4H3. The van der Waals surface area contributed by atoms with Crippen LogP contribution in [0.5, 0.6) is 0 Å². The van der Waals surface area contributed by atoms with E-state index in [1.807, 2.05) is 31.8 Å². The van der Waals surface area contributed by atoms with E-state index >= 15 is 0 Å². The summed E-state index contributed by atoms with van der Waals surface area (Å²) in [7, 11) is 1.95. The molecule has 0 bridgehead atoms. The van der Waals surface area contributed by atoms with Crippen LogP contribution in [0.3, 0.4) is 0 Å². The fourth-order valence-corrected chi connectivity index (χ4v) is 1.26. The van der Waals surface area contributed by atoms with Gasteiger partial charge >= 0.3 is 0 Å². The SMILES string of the molecule is Cc1cnn(C)c1CC(C)(C)N. The molecule has 0 saturated heterocycles. The molecule has 0 amide bonds. The summed E-state index contributed by atoms with van der Waals surface area (Å²) in [6.07, 6.45) is 2.75. The van der Waals surface area contributed by atoms with Gasteiger partial charge in [0.15, 0.2) is 0 Å². The number of aromatic nitrogens is 2. The molecule has 0 fully saturated rings. The van der Waals surface area contributed by atoms with Crippen molar-refractivity contribution < 1.29 is 0 Å². The van der Waals surface area contributed by atoms with Gasteiger partial charge in [0, 0.05) is 24.7 Å². The third-order valence-corrected chi connectivity index (χ3v) is 1.89. The molecule has 0 aliphatic heterocycles. The van der Waals surface area contributed by atoms with Gasteiger partial charge in [-0.3, -0.25) is 4.68 Å². The number of nitrogens with zero attached hydrogens (tertiary/aromatic N) is 2. The van der Waals surface area contributed by atoms with Crippen molar-refractivity contribution >= 4 is 0 Å². The maximum atomic E-state index is 5.92. The number of hydrogen-bond acceptors (Lipinski definition) is 2. The maximum absolute atomic E-state index is 5.92. The van der Waals surface area contributed by atoms with E-state index in [1.54, 1.807) is 0 Å². The van der Waals surface area contributed by atoms with Crippen molar-refractivity contribution in [2.75, 3.05) is 0 Å². The Morgan fingerprint density at radius 2 is 2.17 bits per heavy atom. The molecule has 0 saturated carbocycles. The molecular weight excluding hydrogens is 150 g/mol. The molecule has 0 unspecified atom stereocenters. The molecule has 68 valence electrons. The van der Waals surface area contributed by atoms with Gasteiger partial charge in [0.2, 0.25) is 0 Å². The molecule has 1 aromatic rings. The zero-order chi connectivity index (χ0) is 9.35. The van der Waals surface area contributed by atoms with Gasteiger partial charge in [0.05, 0.1) is 6.20 Å². The zero-order valence-corrected chi connectivity index (χ0v) is 8.26. The average Bonchev–Trinajstić information content (AvgIpc) is 2.16. The van der Waals surface area contributed by atoms with E-state index in [1.165, 1.54) is 11.3 Å². The van der Waals surface area contributed by atoms with Crippen molar-refractivity contribution in [3.8, 4) is 0 Å². The minimum absolute atomic E-state index is 0.154. The average molecular weight is 167 g/mol. The lowest BCUT2D eigenvalue weighted by Crippen LogP contribution is -2.35. The summed E-state index contributed by atoms with van der Waals surface area (Å²) in [4.78, 5) is 0. The molecular formula is C9H17N3. The third-order valence-electron chi connectivity index (χ3n) is 1.89. The van der Waals surface area contributed by atoms with Crippen LogP contribution < -0.4 is 5.73 Å². The molecule has 3 nitrogen and oxygen atoms in total. The van der Waals surface area contributed by atoms with Crippen molar-refractivity contribution in [2.45, 2.75) is 32.7 Å². The molecule has 2 N–H and O–H groups in total. The molecule has 1 rings (SSSR count). The quantitative estimate of drug-likeness (QED) is 0.714. The maximum Gasteiger partial charge on any atom is 0.0521 e. The molecule has 0 aliphatic carbocycles. The topological polar surface area (TPSA) is 43.8 Å². The van der Waals surface area contributed by atoms with Crippen molar-refractivity contribution in [1.29, 1.82) is 0 Å². The highest BCUT2D eigenvalue weighted by Crippen LogP contribution is 2.12. The Kier molecular flexibility index (Phi) is 2.24. The highest BCUT2D eigenvalue weighted by molar-refractivity contribution is 5.17. The minimum atomic E-state index is -0.154. The first kappa shape index (κ1) is 9.26. The van der Waals surface area contributed by atoms with Crippen LogP contribution in [0.1, 0.15) is 25.1 Å². The van der Waals surface area contributed by atoms with E-state index in [2.05, 4.69) is 12.0 Å². The zero-order valence-electron chi connectivity index (χ0n) is 8.26. The van der Waals surface area contributed by atoms with Crippen LogP contribution in [-0.4, -0.2) is 15.3 Å². The summed E-state index contributed by atoms with van der Waals surface area (Å²) < 4.78 is 1.89. The van der Waals surface area contributed by atoms with Crippen molar-refractivity contribution in [2.24, 2.45) is 12.8 Å². The van der Waals surface area contributed by atoms with Gasteiger partial charge in [-0.15, -0.1) is 0 Å². The van der Waals surface area contributed by atoms with Crippen molar-refractivity contribution in [1.82, 2.24) is 9.78 Å². The van der Waals surface area contributed by atoms with Gasteiger partial charge in [-0.05, 0) is 26.3 Å². The van der Waals surface area contributed by atoms with Gasteiger partial charge in [-0.1, -0.05) is 0 Å². The lowest BCUT2D eigenvalue weighted by atomic mass is 9.98.